The molecule has 0 saturated carbocycles. The summed E-state index contributed by atoms with van der Waals surface area (Å²) in [6.45, 7) is 9.04. The minimum atomic E-state index is -0.793. The van der Waals surface area contributed by atoms with E-state index in [1.54, 1.807) is 21.8 Å². The lowest BCUT2D eigenvalue weighted by molar-refractivity contribution is -0.137. The second-order valence-corrected chi connectivity index (χ2v) is 19.6. The number of fused-ring (bicyclic) bond motifs is 2. The van der Waals surface area contributed by atoms with Crippen molar-refractivity contribution in [2.24, 2.45) is 0 Å². The molecule has 2 aromatic carbocycles. The van der Waals surface area contributed by atoms with E-state index in [1.165, 1.54) is 6.20 Å². The fraction of sp³-hybridized carbons (Fsp3) is 0.434. The lowest BCUT2D eigenvalue weighted by Crippen LogP contribution is -2.62. The van der Waals surface area contributed by atoms with Crippen LogP contribution >= 0.6 is 0 Å². The number of anilines is 1. The highest BCUT2D eigenvalue weighted by molar-refractivity contribution is 6.05. The van der Waals surface area contributed by atoms with E-state index in [0.29, 0.717) is 114 Å². The molecule has 72 heavy (non-hydrogen) atoms. The summed E-state index contributed by atoms with van der Waals surface area (Å²) in [5.74, 6) is -1.41. The number of nitrogens with zero attached hydrogens (tertiary/aromatic N) is 9. The van der Waals surface area contributed by atoms with Crippen molar-refractivity contribution < 1.29 is 37.5 Å². The molecule has 3 aromatic heterocycles. The van der Waals surface area contributed by atoms with E-state index in [9.17, 15) is 38.0 Å². The summed E-state index contributed by atoms with van der Waals surface area (Å²) in [7, 11) is 0. The topological polar surface area (TPSA) is 189 Å². The maximum atomic E-state index is 14.9. The number of piperazine rings is 1. The Morgan fingerprint density at radius 3 is 2.40 bits per heavy atom. The molecule has 17 nitrogen and oxygen atoms in total. The Labute approximate surface area is 415 Å². The summed E-state index contributed by atoms with van der Waals surface area (Å²) < 4.78 is 36.6. The molecule has 1 unspecified atom stereocenters. The van der Waals surface area contributed by atoms with Crippen LogP contribution in [0.1, 0.15) is 95.2 Å². The van der Waals surface area contributed by atoms with Crippen molar-refractivity contribution in [1.29, 1.82) is 5.26 Å². The van der Waals surface area contributed by atoms with Crippen molar-refractivity contribution in [2.75, 3.05) is 77.0 Å². The number of likely N-dealkylation sites (tertiary alicyclic amines) is 1. The first kappa shape index (κ1) is 48.3. The molecule has 4 fully saturated rings. The van der Waals surface area contributed by atoms with Crippen molar-refractivity contribution in [3.8, 4) is 22.9 Å². The number of ether oxygens (including phenoxy) is 1. The summed E-state index contributed by atoms with van der Waals surface area (Å²) in [5.41, 5.74) is 4.09. The van der Waals surface area contributed by atoms with Gasteiger partial charge in [-0.25, -0.2) is 18.3 Å². The van der Waals surface area contributed by atoms with Crippen LogP contribution in [0.4, 0.5) is 14.6 Å². The Bertz CT molecular complexity index is 2950. The van der Waals surface area contributed by atoms with Gasteiger partial charge in [0.2, 0.25) is 17.7 Å². The molecule has 374 valence electrons. The third kappa shape index (κ3) is 9.97. The van der Waals surface area contributed by atoms with E-state index >= 15 is 0 Å². The number of pyridine rings is 2. The largest absolute Gasteiger partial charge is 0.492 e. The number of piperidine rings is 3. The average molecular weight is 982 g/mol. The molecule has 10 rings (SSSR count). The monoisotopic (exact) mass is 981 g/mol. The molecule has 0 bridgehead atoms. The highest BCUT2D eigenvalue weighted by atomic mass is 19.1. The maximum absolute atomic E-state index is 14.9. The number of nitrogens with one attached hydrogen (secondary N) is 2. The fourth-order valence-corrected chi connectivity index (χ4v) is 11.1. The van der Waals surface area contributed by atoms with Crippen molar-refractivity contribution in [2.45, 2.75) is 75.9 Å². The van der Waals surface area contributed by atoms with E-state index < -0.39 is 35.0 Å². The van der Waals surface area contributed by atoms with Gasteiger partial charge in [0.15, 0.2) is 0 Å². The van der Waals surface area contributed by atoms with Gasteiger partial charge >= 0.3 is 0 Å². The quantitative estimate of drug-likeness (QED) is 0.152. The number of hydrogen-bond acceptors (Lipinski definition) is 12. The number of hydrogen-bond donors (Lipinski definition) is 2. The Hall–Kier alpha value is -7.30. The van der Waals surface area contributed by atoms with Crippen LogP contribution in [-0.4, -0.2) is 147 Å². The van der Waals surface area contributed by atoms with Crippen molar-refractivity contribution >= 4 is 40.9 Å². The second kappa shape index (κ2) is 20.4. The summed E-state index contributed by atoms with van der Waals surface area (Å²) in [5, 5.41) is 19.7. The summed E-state index contributed by atoms with van der Waals surface area (Å²) in [6, 6.07) is 16.2. The van der Waals surface area contributed by atoms with Gasteiger partial charge in [-0.3, -0.25) is 34.2 Å². The predicted octanol–water partition coefficient (Wildman–Crippen LogP) is 4.89. The number of nitriles is 1. The van der Waals surface area contributed by atoms with E-state index in [1.807, 2.05) is 42.2 Å². The van der Waals surface area contributed by atoms with Gasteiger partial charge in [-0.05, 0) is 98.5 Å². The van der Waals surface area contributed by atoms with Crippen LogP contribution in [0.15, 0.2) is 73.2 Å². The smallest absolute Gasteiger partial charge is 0.255 e. The van der Waals surface area contributed by atoms with Crippen LogP contribution in [0.2, 0.25) is 0 Å². The molecule has 1 atom stereocenters. The number of imide groups is 1. The van der Waals surface area contributed by atoms with Crippen LogP contribution in [0.5, 0.6) is 5.75 Å². The molecule has 2 N–H and O–H groups in total. The van der Waals surface area contributed by atoms with Crippen molar-refractivity contribution in [1.82, 2.24) is 44.8 Å². The van der Waals surface area contributed by atoms with Crippen molar-refractivity contribution in [3.63, 3.8) is 0 Å². The zero-order valence-electron chi connectivity index (χ0n) is 40.2. The van der Waals surface area contributed by atoms with Crippen molar-refractivity contribution in [3.05, 3.63) is 113 Å². The highest BCUT2D eigenvalue weighted by Gasteiger charge is 2.41. The van der Waals surface area contributed by atoms with Gasteiger partial charge in [0.1, 0.15) is 35.3 Å². The highest BCUT2D eigenvalue weighted by Crippen LogP contribution is 2.36. The summed E-state index contributed by atoms with van der Waals surface area (Å²) >= 11 is 0. The Balaban J connectivity index is 0.728. The van der Waals surface area contributed by atoms with Crippen LogP contribution in [0.25, 0.3) is 16.6 Å². The maximum Gasteiger partial charge on any atom is 0.255 e. The standard InChI is InChI=1S/C53H57F2N11O6/c1-2-72-40-27-41(49-38(28-56)30-58-66(49)32-40)36-5-9-46(57-29-36)63-19-14-53(15-20-63,60-50(69)43-26-39(54)6-7-44(43)55)33-62-23-21-61(22-24-62)16-13-48(68)64-17-11-34(12-18-64)35-3-4-37-31-65(52(71)42(37)25-35)45-8-10-47(67)59-51(45)70/h3-7,9,25-27,29-30,32,34,45H,2,8,10-24,31,33H2,1H3,(H,60,69)(H,59,67,70). The predicted molar refractivity (Wildman–Crippen MR) is 261 cm³/mol. The Kier molecular flexibility index (Phi) is 13.7. The molecular formula is C53H57F2N11O6. The van der Waals surface area contributed by atoms with Gasteiger partial charge in [-0.1, -0.05) is 12.1 Å². The molecule has 5 aliphatic rings. The number of aromatic nitrogens is 3. The molecule has 0 aliphatic carbocycles. The first-order valence-electron chi connectivity index (χ1n) is 24.9. The minimum absolute atomic E-state index is 0.113. The molecule has 8 heterocycles. The molecule has 5 amide bonds. The Morgan fingerprint density at radius 1 is 0.903 bits per heavy atom. The normalized spacial score (nSPS) is 19.8. The fourth-order valence-electron chi connectivity index (χ4n) is 11.1. The van der Waals surface area contributed by atoms with E-state index in [4.69, 9.17) is 9.72 Å². The number of halogens is 2. The van der Waals surface area contributed by atoms with Crippen LogP contribution in [0.3, 0.4) is 0 Å². The van der Waals surface area contributed by atoms with Gasteiger partial charge in [-0.15, -0.1) is 0 Å². The molecule has 5 aliphatic heterocycles. The number of carbonyl (C=O) groups is 5. The van der Waals surface area contributed by atoms with Gasteiger partial charge < -0.3 is 29.7 Å². The molecule has 19 heteroatoms. The van der Waals surface area contributed by atoms with E-state index in [-0.39, 0.29) is 35.6 Å². The van der Waals surface area contributed by atoms with Gasteiger partial charge in [0, 0.05) is 108 Å². The first-order chi connectivity index (χ1) is 34.9. The molecule has 0 spiro atoms. The first-order valence-corrected chi connectivity index (χ1v) is 24.9. The number of benzene rings is 2. The zero-order valence-corrected chi connectivity index (χ0v) is 40.2. The zero-order chi connectivity index (χ0) is 50.1. The number of carbonyl (C=O) groups excluding carboxylic acids is 5. The van der Waals surface area contributed by atoms with Crippen LogP contribution < -0.4 is 20.3 Å². The third-order valence-corrected chi connectivity index (χ3v) is 15.2. The lowest BCUT2D eigenvalue weighted by Gasteiger charge is -2.46. The lowest BCUT2D eigenvalue weighted by atomic mass is 9.86. The summed E-state index contributed by atoms with van der Waals surface area (Å²) in [6.07, 6.45) is 8.58. The van der Waals surface area contributed by atoms with E-state index in [0.717, 1.165) is 72.2 Å². The average Bonchev–Trinajstić information content (AvgIpc) is 3.96. The van der Waals surface area contributed by atoms with E-state index in [2.05, 4.69) is 42.6 Å². The third-order valence-electron chi connectivity index (χ3n) is 15.2. The minimum Gasteiger partial charge on any atom is -0.492 e. The SMILES string of the molecule is CCOc1cc(-c2ccc(N3CCC(CN4CCN(CCC(=O)N5CCC(c6ccc7c(c6)C(=O)N(C6CCC(=O)NC6=O)C7)CC5)CC4)(NC(=O)c4cc(F)ccc4F)CC3)nc2)c2c(C#N)cnn2c1. The molecule has 5 aromatic rings. The van der Waals surface area contributed by atoms with Crippen LogP contribution in [-0.2, 0) is 20.9 Å². The Morgan fingerprint density at radius 2 is 1.68 bits per heavy atom. The van der Waals surface area contributed by atoms with Gasteiger partial charge in [-0.2, -0.15) is 10.4 Å². The second-order valence-electron chi connectivity index (χ2n) is 19.6. The number of rotatable bonds is 13. The number of amides is 5. The summed E-state index contributed by atoms with van der Waals surface area (Å²) in [4.78, 5) is 79.9. The molecule has 4 saturated heterocycles. The van der Waals surface area contributed by atoms with Crippen LogP contribution in [0, 0.1) is 23.0 Å². The molecule has 0 radical (unpaired) electrons. The van der Waals surface area contributed by atoms with Gasteiger partial charge in [0.05, 0.1) is 41.2 Å². The van der Waals surface area contributed by atoms with Gasteiger partial charge in [0.25, 0.3) is 11.8 Å². The molecular weight excluding hydrogens is 925 g/mol.